The Hall–Kier alpha value is -3.32. The number of rotatable bonds is 8. The fourth-order valence-electron chi connectivity index (χ4n) is 3.07. The number of halogens is 1. The van der Waals surface area contributed by atoms with Crippen molar-refractivity contribution in [1.82, 2.24) is 5.32 Å². The minimum absolute atomic E-state index is 0.125. The normalized spacial score (nSPS) is 15.3. The first-order chi connectivity index (χ1) is 15.3. The monoisotopic (exact) mass is 456 g/mol. The van der Waals surface area contributed by atoms with Gasteiger partial charge in [-0.1, -0.05) is 24.9 Å². The number of anilines is 1. The first kappa shape index (κ1) is 23.3. The molecule has 0 spiro atoms. The van der Waals surface area contributed by atoms with Crippen molar-refractivity contribution in [3.63, 3.8) is 0 Å². The molecule has 1 saturated heterocycles. The first-order valence-corrected chi connectivity index (χ1v) is 10.8. The molecule has 7 nitrogen and oxygen atoms in total. The van der Waals surface area contributed by atoms with E-state index < -0.39 is 17.8 Å². The average Bonchev–Trinajstić information content (AvgIpc) is 2.74. The molecule has 1 heterocycles. The van der Waals surface area contributed by atoms with Crippen molar-refractivity contribution in [2.75, 3.05) is 11.5 Å². The van der Waals surface area contributed by atoms with E-state index in [1.807, 2.05) is 13.8 Å². The van der Waals surface area contributed by atoms with E-state index in [-0.39, 0.29) is 11.7 Å². The molecule has 1 aliphatic rings. The van der Waals surface area contributed by atoms with Crippen LogP contribution in [0.1, 0.15) is 39.2 Å². The third kappa shape index (κ3) is 5.48. The van der Waals surface area contributed by atoms with Crippen LogP contribution in [0.4, 0.5) is 10.5 Å². The average molecular weight is 457 g/mol. The number of carbonyl (C=O) groups is 3. The molecule has 2 aromatic carbocycles. The van der Waals surface area contributed by atoms with Crippen LogP contribution in [0.15, 0.2) is 48.0 Å². The molecule has 1 fully saturated rings. The van der Waals surface area contributed by atoms with Crippen LogP contribution in [0, 0.1) is 0 Å². The lowest BCUT2D eigenvalue weighted by Crippen LogP contribution is -2.54. The molecule has 0 aromatic heterocycles. The van der Waals surface area contributed by atoms with Crippen molar-refractivity contribution >= 4 is 41.2 Å². The van der Waals surface area contributed by atoms with Gasteiger partial charge in [0, 0.05) is 10.6 Å². The van der Waals surface area contributed by atoms with Crippen molar-refractivity contribution in [3.05, 3.63) is 58.6 Å². The number of benzene rings is 2. The number of nitrogens with one attached hydrogen (secondary N) is 1. The van der Waals surface area contributed by atoms with Gasteiger partial charge in [-0.05, 0) is 68.8 Å². The molecule has 0 aliphatic carbocycles. The Balaban J connectivity index is 1.91. The van der Waals surface area contributed by atoms with Crippen LogP contribution in [0.25, 0.3) is 6.08 Å². The van der Waals surface area contributed by atoms with Crippen LogP contribution in [-0.4, -0.2) is 30.6 Å². The second-order valence-electron chi connectivity index (χ2n) is 7.50. The topological polar surface area (TPSA) is 84.9 Å². The summed E-state index contributed by atoms with van der Waals surface area (Å²) in [7, 11) is 0. The molecule has 1 aliphatic heterocycles. The number of imide groups is 2. The summed E-state index contributed by atoms with van der Waals surface area (Å²) >= 11 is 6.11. The van der Waals surface area contributed by atoms with Gasteiger partial charge in [0.05, 0.1) is 18.4 Å². The molecule has 0 radical (unpaired) electrons. The van der Waals surface area contributed by atoms with Crippen molar-refractivity contribution in [1.29, 1.82) is 0 Å². The molecule has 0 unspecified atom stereocenters. The maximum Gasteiger partial charge on any atom is 0.335 e. The molecule has 32 heavy (non-hydrogen) atoms. The standard InChI is InChI=1S/C24H25ClN2O5/c1-4-5-12-31-19-9-7-18(8-10-19)27-23(29)20(22(28)26-24(27)30)14-16-13-17(25)6-11-21(16)32-15(2)3/h6-11,13-15H,4-5,12H2,1-3H3,(H,26,28,30)/b20-14-. The molecule has 168 valence electrons. The highest BCUT2D eigenvalue weighted by Crippen LogP contribution is 2.29. The number of ether oxygens (including phenoxy) is 2. The van der Waals surface area contributed by atoms with E-state index in [4.69, 9.17) is 21.1 Å². The number of carbonyl (C=O) groups excluding carboxylic acids is 3. The van der Waals surface area contributed by atoms with Crippen molar-refractivity contribution in [2.45, 2.75) is 39.7 Å². The van der Waals surface area contributed by atoms with Crippen LogP contribution < -0.4 is 19.7 Å². The van der Waals surface area contributed by atoms with Gasteiger partial charge in [0.25, 0.3) is 11.8 Å². The third-order valence-corrected chi connectivity index (χ3v) is 4.83. The van der Waals surface area contributed by atoms with E-state index in [1.165, 1.54) is 6.08 Å². The Morgan fingerprint density at radius 1 is 1.09 bits per heavy atom. The molecule has 0 saturated carbocycles. The zero-order valence-corrected chi connectivity index (χ0v) is 18.9. The Labute approximate surface area is 191 Å². The molecule has 2 aromatic rings. The predicted octanol–water partition coefficient (Wildman–Crippen LogP) is 4.97. The first-order valence-electron chi connectivity index (χ1n) is 10.4. The Bertz CT molecular complexity index is 1050. The minimum Gasteiger partial charge on any atom is -0.494 e. The molecule has 1 N–H and O–H groups in total. The summed E-state index contributed by atoms with van der Waals surface area (Å²) in [6.45, 7) is 6.38. The zero-order chi connectivity index (χ0) is 23.3. The third-order valence-electron chi connectivity index (χ3n) is 4.60. The maximum absolute atomic E-state index is 13.1. The number of hydrogen-bond acceptors (Lipinski definition) is 5. The smallest absolute Gasteiger partial charge is 0.335 e. The predicted molar refractivity (Wildman–Crippen MR) is 123 cm³/mol. The van der Waals surface area contributed by atoms with Gasteiger partial charge in [-0.3, -0.25) is 14.9 Å². The quantitative estimate of drug-likeness (QED) is 0.344. The van der Waals surface area contributed by atoms with Gasteiger partial charge in [-0.15, -0.1) is 0 Å². The molecular formula is C24H25ClN2O5. The molecule has 0 bridgehead atoms. The van der Waals surface area contributed by atoms with E-state index in [1.54, 1.807) is 42.5 Å². The van der Waals surface area contributed by atoms with E-state index in [9.17, 15) is 14.4 Å². The Kier molecular flexibility index (Phi) is 7.53. The van der Waals surface area contributed by atoms with Gasteiger partial charge in [0.15, 0.2) is 0 Å². The lowest BCUT2D eigenvalue weighted by molar-refractivity contribution is -0.122. The SMILES string of the molecule is CCCCOc1ccc(N2C(=O)NC(=O)/C(=C/c3cc(Cl)ccc3OC(C)C)C2=O)cc1. The molecule has 8 heteroatoms. The second-order valence-corrected chi connectivity index (χ2v) is 7.94. The number of unbranched alkanes of at least 4 members (excludes halogenated alkanes) is 1. The van der Waals surface area contributed by atoms with Gasteiger partial charge >= 0.3 is 6.03 Å². The summed E-state index contributed by atoms with van der Waals surface area (Å²) in [5.41, 5.74) is 0.570. The summed E-state index contributed by atoms with van der Waals surface area (Å²) in [6, 6.07) is 10.6. The van der Waals surface area contributed by atoms with Crippen LogP contribution in [0.5, 0.6) is 11.5 Å². The van der Waals surface area contributed by atoms with Crippen LogP contribution in [0.3, 0.4) is 0 Å². The van der Waals surface area contributed by atoms with E-state index in [0.717, 1.165) is 17.7 Å². The Morgan fingerprint density at radius 3 is 2.47 bits per heavy atom. The van der Waals surface area contributed by atoms with Gasteiger partial charge in [0.1, 0.15) is 17.1 Å². The Morgan fingerprint density at radius 2 is 1.81 bits per heavy atom. The molecule has 0 atom stereocenters. The lowest BCUT2D eigenvalue weighted by atomic mass is 10.1. The number of amides is 4. The highest BCUT2D eigenvalue weighted by Gasteiger charge is 2.37. The van der Waals surface area contributed by atoms with Gasteiger partial charge in [-0.2, -0.15) is 0 Å². The fourth-order valence-corrected chi connectivity index (χ4v) is 3.25. The van der Waals surface area contributed by atoms with Crippen LogP contribution in [0.2, 0.25) is 5.02 Å². The molecular weight excluding hydrogens is 432 g/mol. The highest BCUT2D eigenvalue weighted by atomic mass is 35.5. The van der Waals surface area contributed by atoms with Crippen molar-refractivity contribution in [2.24, 2.45) is 0 Å². The fraction of sp³-hybridized carbons (Fsp3) is 0.292. The van der Waals surface area contributed by atoms with E-state index in [2.05, 4.69) is 12.2 Å². The number of urea groups is 1. The van der Waals surface area contributed by atoms with Gasteiger partial charge < -0.3 is 9.47 Å². The molecule has 4 amide bonds. The summed E-state index contributed by atoms with van der Waals surface area (Å²) in [4.78, 5) is 39.0. The van der Waals surface area contributed by atoms with E-state index >= 15 is 0 Å². The van der Waals surface area contributed by atoms with Crippen LogP contribution in [-0.2, 0) is 9.59 Å². The highest BCUT2D eigenvalue weighted by molar-refractivity contribution is 6.39. The maximum atomic E-state index is 13.1. The van der Waals surface area contributed by atoms with E-state index in [0.29, 0.717) is 34.4 Å². The number of barbiturate groups is 1. The second kappa shape index (κ2) is 10.3. The van der Waals surface area contributed by atoms with Crippen LogP contribution >= 0.6 is 11.6 Å². The zero-order valence-electron chi connectivity index (χ0n) is 18.2. The lowest BCUT2D eigenvalue weighted by Gasteiger charge is -2.26. The number of nitrogens with zero attached hydrogens (tertiary/aromatic N) is 1. The van der Waals surface area contributed by atoms with Crippen molar-refractivity contribution in [3.8, 4) is 11.5 Å². The molecule has 3 rings (SSSR count). The summed E-state index contributed by atoms with van der Waals surface area (Å²) in [5.74, 6) is -0.428. The number of hydrogen-bond donors (Lipinski definition) is 1. The van der Waals surface area contributed by atoms with Crippen molar-refractivity contribution < 1.29 is 23.9 Å². The summed E-state index contributed by atoms with van der Waals surface area (Å²) < 4.78 is 11.4. The summed E-state index contributed by atoms with van der Waals surface area (Å²) in [5, 5.41) is 2.63. The largest absolute Gasteiger partial charge is 0.494 e. The minimum atomic E-state index is -0.818. The van der Waals surface area contributed by atoms with Gasteiger partial charge in [0.2, 0.25) is 0 Å². The summed E-state index contributed by atoms with van der Waals surface area (Å²) in [6.07, 6.45) is 3.19. The van der Waals surface area contributed by atoms with Gasteiger partial charge in [-0.25, -0.2) is 9.69 Å².